The van der Waals surface area contributed by atoms with E-state index in [1.807, 2.05) is 0 Å². The van der Waals surface area contributed by atoms with Crippen LogP contribution in [0.15, 0.2) is 36.8 Å². The molecule has 28 heavy (non-hydrogen) atoms. The number of hydrogen-bond donors (Lipinski definition) is 1. The molecule has 1 aromatic carbocycles. The summed E-state index contributed by atoms with van der Waals surface area (Å²) in [5, 5.41) is 3.19. The zero-order valence-corrected chi connectivity index (χ0v) is 15.9. The molecule has 0 unspecified atom stereocenters. The van der Waals surface area contributed by atoms with Crippen molar-refractivity contribution in [2.45, 2.75) is 13.0 Å². The van der Waals surface area contributed by atoms with Crippen LogP contribution in [0.2, 0.25) is 5.02 Å². The lowest BCUT2D eigenvalue weighted by Gasteiger charge is -2.26. The summed E-state index contributed by atoms with van der Waals surface area (Å²) in [5.74, 6) is -1.53. The molecule has 0 fully saturated rings. The fraction of sp³-hybridized carbons (Fsp3) is 0.167. The molecule has 142 valence electrons. The Kier molecular flexibility index (Phi) is 5.01. The number of rotatable bonds is 3. The minimum absolute atomic E-state index is 0.0806. The molecule has 4 rings (SSSR count). The molecule has 1 aliphatic heterocycles. The zero-order chi connectivity index (χ0) is 19.7. The molecule has 0 saturated heterocycles. The Morgan fingerprint density at radius 3 is 2.89 bits per heavy atom. The minimum atomic E-state index is -0.649. The summed E-state index contributed by atoms with van der Waals surface area (Å²) in [4.78, 5) is 39.5. The van der Waals surface area contributed by atoms with E-state index >= 15 is 0 Å². The third kappa shape index (κ3) is 3.58. The van der Waals surface area contributed by atoms with Crippen LogP contribution in [-0.4, -0.2) is 38.2 Å². The number of anilines is 1. The molecule has 0 atom stereocenters. The van der Waals surface area contributed by atoms with Gasteiger partial charge in [0.05, 0.1) is 29.0 Å². The average Bonchev–Trinajstić information content (AvgIpc) is 3.09. The van der Waals surface area contributed by atoms with E-state index in [0.29, 0.717) is 18.1 Å². The summed E-state index contributed by atoms with van der Waals surface area (Å²) >= 11 is 7.28. The summed E-state index contributed by atoms with van der Waals surface area (Å²) < 4.78 is 14.1. The van der Waals surface area contributed by atoms with Gasteiger partial charge in [-0.3, -0.25) is 19.9 Å². The van der Waals surface area contributed by atoms with E-state index in [2.05, 4.69) is 20.3 Å². The third-order valence-corrected chi connectivity index (χ3v) is 5.52. The fourth-order valence-electron chi connectivity index (χ4n) is 2.86. The predicted molar refractivity (Wildman–Crippen MR) is 102 cm³/mol. The maximum Gasteiger partial charge on any atom is 0.277 e. The SMILES string of the molecule is O=C(Nc1nc2c(s1)CN(C(=O)c1c(F)cccc1Cl)CC2)c1cnccn1. The first kappa shape index (κ1) is 18.5. The topological polar surface area (TPSA) is 88.1 Å². The van der Waals surface area contributed by atoms with Gasteiger partial charge in [0, 0.05) is 30.2 Å². The fourth-order valence-corrected chi connectivity index (χ4v) is 4.12. The Balaban J connectivity index is 1.50. The number of aromatic nitrogens is 3. The number of nitrogens with zero attached hydrogens (tertiary/aromatic N) is 4. The predicted octanol–water partition coefficient (Wildman–Crippen LogP) is 3.18. The van der Waals surface area contributed by atoms with E-state index in [9.17, 15) is 14.0 Å². The second kappa shape index (κ2) is 7.61. The molecular weight excluding hydrogens is 405 g/mol. The molecule has 0 radical (unpaired) electrons. The number of benzene rings is 1. The highest BCUT2D eigenvalue weighted by Gasteiger charge is 2.28. The molecule has 0 bridgehead atoms. The second-order valence-corrected chi connectivity index (χ2v) is 7.50. The standard InChI is InChI=1S/C18H13ClFN5O2S/c19-10-2-1-3-11(20)15(10)17(27)25-7-4-12-14(9-25)28-18(23-12)24-16(26)13-8-21-5-6-22-13/h1-3,5-6,8H,4,7,9H2,(H,23,24,26). The van der Waals surface area contributed by atoms with Gasteiger partial charge < -0.3 is 4.90 Å². The summed E-state index contributed by atoms with van der Waals surface area (Å²) in [5.41, 5.74) is 0.859. The Morgan fingerprint density at radius 1 is 1.29 bits per heavy atom. The van der Waals surface area contributed by atoms with Crippen molar-refractivity contribution in [1.82, 2.24) is 19.9 Å². The Bertz CT molecular complexity index is 1040. The van der Waals surface area contributed by atoms with E-state index in [4.69, 9.17) is 11.6 Å². The van der Waals surface area contributed by atoms with Crippen LogP contribution in [0.25, 0.3) is 0 Å². The number of fused-ring (bicyclic) bond motifs is 1. The van der Waals surface area contributed by atoms with Crippen LogP contribution >= 0.6 is 22.9 Å². The molecular formula is C18H13ClFN5O2S. The highest BCUT2D eigenvalue weighted by molar-refractivity contribution is 7.15. The van der Waals surface area contributed by atoms with Crippen LogP contribution in [0.1, 0.15) is 31.4 Å². The van der Waals surface area contributed by atoms with Crippen molar-refractivity contribution in [2.24, 2.45) is 0 Å². The molecule has 2 amide bonds. The average molecular weight is 418 g/mol. The maximum absolute atomic E-state index is 14.1. The normalized spacial score (nSPS) is 13.1. The molecule has 10 heteroatoms. The van der Waals surface area contributed by atoms with Gasteiger partial charge in [0.2, 0.25) is 0 Å². The van der Waals surface area contributed by atoms with Crippen molar-refractivity contribution in [3.05, 3.63) is 69.5 Å². The summed E-state index contributed by atoms with van der Waals surface area (Å²) in [6.45, 7) is 0.662. The minimum Gasteiger partial charge on any atom is -0.333 e. The smallest absolute Gasteiger partial charge is 0.277 e. The first-order valence-corrected chi connectivity index (χ1v) is 9.51. The Hall–Kier alpha value is -2.91. The second-order valence-electron chi connectivity index (χ2n) is 6.01. The van der Waals surface area contributed by atoms with Crippen LogP contribution in [0, 0.1) is 5.82 Å². The van der Waals surface area contributed by atoms with Gasteiger partial charge in [0.25, 0.3) is 11.8 Å². The lowest BCUT2D eigenvalue weighted by molar-refractivity contribution is 0.0731. The lowest BCUT2D eigenvalue weighted by atomic mass is 10.1. The number of amides is 2. The molecule has 2 aromatic heterocycles. The molecule has 3 heterocycles. The third-order valence-electron chi connectivity index (χ3n) is 4.21. The van der Waals surface area contributed by atoms with Crippen molar-refractivity contribution < 1.29 is 14.0 Å². The molecule has 0 saturated carbocycles. The quantitative estimate of drug-likeness (QED) is 0.707. The van der Waals surface area contributed by atoms with Crippen LogP contribution in [0.3, 0.4) is 0 Å². The van der Waals surface area contributed by atoms with Crippen molar-refractivity contribution in [3.63, 3.8) is 0 Å². The van der Waals surface area contributed by atoms with Crippen molar-refractivity contribution >= 4 is 39.9 Å². The van der Waals surface area contributed by atoms with Crippen molar-refractivity contribution in [1.29, 1.82) is 0 Å². The number of thiazole rings is 1. The number of carbonyl (C=O) groups is 2. The Labute approximate surface area is 168 Å². The first-order chi connectivity index (χ1) is 13.5. The number of nitrogens with one attached hydrogen (secondary N) is 1. The zero-order valence-electron chi connectivity index (χ0n) is 14.4. The molecule has 0 aliphatic carbocycles. The van der Waals surface area contributed by atoms with Crippen LogP contribution in [-0.2, 0) is 13.0 Å². The van der Waals surface area contributed by atoms with Gasteiger partial charge in [-0.1, -0.05) is 29.0 Å². The molecule has 0 spiro atoms. The van der Waals surface area contributed by atoms with Gasteiger partial charge in [-0.05, 0) is 12.1 Å². The lowest BCUT2D eigenvalue weighted by Crippen LogP contribution is -2.36. The van der Waals surface area contributed by atoms with Crippen LogP contribution < -0.4 is 5.32 Å². The summed E-state index contributed by atoms with van der Waals surface area (Å²) in [7, 11) is 0. The van der Waals surface area contributed by atoms with Crippen LogP contribution in [0.5, 0.6) is 0 Å². The van der Waals surface area contributed by atoms with Gasteiger partial charge in [-0.25, -0.2) is 14.4 Å². The van der Waals surface area contributed by atoms with Crippen molar-refractivity contribution in [2.75, 3.05) is 11.9 Å². The summed E-state index contributed by atoms with van der Waals surface area (Å²) in [6, 6.07) is 4.15. The largest absolute Gasteiger partial charge is 0.333 e. The number of halogens is 2. The first-order valence-electron chi connectivity index (χ1n) is 8.32. The van der Waals surface area contributed by atoms with Gasteiger partial charge in [0.1, 0.15) is 11.5 Å². The van der Waals surface area contributed by atoms with E-state index in [1.165, 1.54) is 53.0 Å². The van der Waals surface area contributed by atoms with E-state index in [1.54, 1.807) is 0 Å². The molecule has 1 aliphatic rings. The van der Waals surface area contributed by atoms with E-state index < -0.39 is 17.6 Å². The molecule has 1 N–H and O–H groups in total. The van der Waals surface area contributed by atoms with Gasteiger partial charge in [-0.2, -0.15) is 0 Å². The number of carbonyl (C=O) groups excluding carboxylic acids is 2. The van der Waals surface area contributed by atoms with Crippen molar-refractivity contribution in [3.8, 4) is 0 Å². The molecule has 3 aromatic rings. The van der Waals surface area contributed by atoms with Gasteiger partial charge in [0.15, 0.2) is 5.13 Å². The Morgan fingerprint density at radius 2 is 2.14 bits per heavy atom. The maximum atomic E-state index is 14.1. The molecule has 7 nitrogen and oxygen atoms in total. The monoisotopic (exact) mass is 417 g/mol. The number of hydrogen-bond acceptors (Lipinski definition) is 6. The highest BCUT2D eigenvalue weighted by atomic mass is 35.5. The highest BCUT2D eigenvalue weighted by Crippen LogP contribution is 2.30. The van der Waals surface area contributed by atoms with Gasteiger partial charge in [-0.15, -0.1) is 0 Å². The van der Waals surface area contributed by atoms with E-state index in [-0.39, 0.29) is 22.8 Å². The summed E-state index contributed by atoms with van der Waals surface area (Å²) in [6.07, 6.45) is 4.78. The van der Waals surface area contributed by atoms with Crippen LogP contribution in [0.4, 0.5) is 9.52 Å². The van der Waals surface area contributed by atoms with Gasteiger partial charge >= 0.3 is 0 Å². The van der Waals surface area contributed by atoms with E-state index in [0.717, 1.165) is 10.6 Å².